The Morgan fingerprint density at radius 2 is 2.04 bits per heavy atom. The standard InChI is InChI=1S/C22H25N3O2/c1-2-16-14-24-22(26)20-7-6-19(13-21(16)20)27-18-8-11-25(12-9-18)15-17-5-3-4-10-23-17/h3-7,10,13-14,18H,2,8-9,11-12,15H2,1H3,(H,24,26). The largest absolute Gasteiger partial charge is 0.490 e. The first-order valence-corrected chi connectivity index (χ1v) is 9.66. The van der Waals surface area contributed by atoms with Crippen molar-refractivity contribution in [2.45, 2.75) is 38.8 Å². The van der Waals surface area contributed by atoms with Crippen LogP contribution in [0.2, 0.25) is 0 Å². The summed E-state index contributed by atoms with van der Waals surface area (Å²) in [4.78, 5) is 21.7. The van der Waals surface area contributed by atoms with Crippen molar-refractivity contribution in [3.05, 3.63) is 70.4 Å². The summed E-state index contributed by atoms with van der Waals surface area (Å²) in [6, 6.07) is 11.9. The van der Waals surface area contributed by atoms with Crippen LogP contribution >= 0.6 is 0 Å². The lowest BCUT2D eigenvalue weighted by atomic mass is 10.0. The first kappa shape index (κ1) is 17.7. The third-order valence-corrected chi connectivity index (χ3v) is 5.29. The van der Waals surface area contributed by atoms with E-state index in [1.165, 1.54) is 0 Å². The van der Waals surface area contributed by atoms with Crippen molar-refractivity contribution >= 4 is 10.8 Å². The number of nitrogens with zero attached hydrogens (tertiary/aromatic N) is 2. The van der Waals surface area contributed by atoms with Crippen LogP contribution in [0, 0.1) is 0 Å². The molecule has 1 aromatic carbocycles. The number of aromatic amines is 1. The van der Waals surface area contributed by atoms with E-state index in [4.69, 9.17) is 4.74 Å². The molecule has 0 saturated carbocycles. The number of rotatable bonds is 5. The Morgan fingerprint density at radius 3 is 2.78 bits per heavy atom. The number of H-pyrrole nitrogens is 1. The number of pyridine rings is 2. The quantitative estimate of drug-likeness (QED) is 0.753. The van der Waals surface area contributed by atoms with Crippen molar-refractivity contribution in [2.24, 2.45) is 0 Å². The van der Waals surface area contributed by atoms with Gasteiger partial charge in [-0.25, -0.2) is 0 Å². The Labute approximate surface area is 159 Å². The van der Waals surface area contributed by atoms with Gasteiger partial charge in [0.15, 0.2) is 0 Å². The number of piperidine rings is 1. The predicted molar refractivity (Wildman–Crippen MR) is 107 cm³/mol. The first-order chi connectivity index (χ1) is 13.2. The van der Waals surface area contributed by atoms with Crippen molar-refractivity contribution in [1.29, 1.82) is 0 Å². The lowest BCUT2D eigenvalue weighted by Crippen LogP contribution is -2.37. The van der Waals surface area contributed by atoms with E-state index in [9.17, 15) is 4.79 Å². The van der Waals surface area contributed by atoms with E-state index < -0.39 is 0 Å². The summed E-state index contributed by atoms with van der Waals surface area (Å²) in [7, 11) is 0. The number of ether oxygens (including phenoxy) is 1. The fraction of sp³-hybridized carbons (Fsp3) is 0.364. The Balaban J connectivity index is 1.41. The van der Waals surface area contributed by atoms with Gasteiger partial charge < -0.3 is 9.72 Å². The molecule has 2 aromatic heterocycles. The number of hydrogen-bond donors (Lipinski definition) is 1. The van der Waals surface area contributed by atoms with Crippen LogP contribution in [0.4, 0.5) is 0 Å². The van der Waals surface area contributed by atoms with Crippen LogP contribution < -0.4 is 10.3 Å². The van der Waals surface area contributed by atoms with E-state index in [-0.39, 0.29) is 11.7 Å². The molecule has 0 spiro atoms. The molecule has 0 radical (unpaired) electrons. The molecule has 0 aliphatic carbocycles. The highest BCUT2D eigenvalue weighted by Crippen LogP contribution is 2.25. The molecule has 1 aliphatic rings. The fourth-order valence-electron chi connectivity index (χ4n) is 3.76. The van der Waals surface area contributed by atoms with Gasteiger partial charge in [0.2, 0.25) is 0 Å². The highest BCUT2D eigenvalue weighted by atomic mass is 16.5. The molecule has 0 amide bonds. The molecule has 5 heteroatoms. The summed E-state index contributed by atoms with van der Waals surface area (Å²) in [5.74, 6) is 0.853. The minimum Gasteiger partial charge on any atom is -0.490 e. The van der Waals surface area contributed by atoms with Crippen LogP contribution in [-0.4, -0.2) is 34.1 Å². The predicted octanol–water partition coefficient (Wildman–Crippen LogP) is 3.53. The number of nitrogens with one attached hydrogen (secondary N) is 1. The maximum atomic E-state index is 12.0. The lowest BCUT2D eigenvalue weighted by molar-refractivity contribution is 0.0962. The summed E-state index contributed by atoms with van der Waals surface area (Å²) < 4.78 is 6.25. The van der Waals surface area contributed by atoms with E-state index in [0.717, 1.165) is 66.7 Å². The highest BCUT2D eigenvalue weighted by molar-refractivity contribution is 5.85. The third kappa shape index (κ3) is 4.03. The van der Waals surface area contributed by atoms with Gasteiger partial charge in [0.25, 0.3) is 5.56 Å². The van der Waals surface area contributed by atoms with Gasteiger partial charge in [-0.2, -0.15) is 0 Å². The highest BCUT2D eigenvalue weighted by Gasteiger charge is 2.21. The summed E-state index contributed by atoms with van der Waals surface area (Å²) in [5.41, 5.74) is 2.21. The zero-order valence-electron chi connectivity index (χ0n) is 15.6. The molecule has 3 aromatic rings. The van der Waals surface area contributed by atoms with E-state index >= 15 is 0 Å². The molecule has 0 atom stereocenters. The molecule has 27 heavy (non-hydrogen) atoms. The SMILES string of the molecule is CCc1c[nH]c(=O)c2ccc(OC3CCN(Cc4ccccn4)CC3)cc12. The molecular formula is C22H25N3O2. The molecule has 1 aliphatic heterocycles. The van der Waals surface area contributed by atoms with Gasteiger partial charge >= 0.3 is 0 Å². The zero-order valence-corrected chi connectivity index (χ0v) is 15.6. The molecule has 140 valence electrons. The molecule has 1 saturated heterocycles. The number of fused-ring (bicyclic) bond motifs is 1. The van der Waals surface area contributed by atoms with Gasteiger partial charge in [-0.1, -0.05) is 13.0 Å². The Bertz CT molecular complexity index is 960. The van der Waals surface area contributed by atoms with Crippen molar-refractivity contribution in [3.63, 3.8) is 0 Å². The molecule has 4 rings (SSSR count). The van der Waals surface area contributed by atoms with Crippen molar-refractivity contribution in [3.8, 4) is 5.75 Å². The van der Waals surface area contributed by atoms with Crippen LogP contribution in [0.1, 0.15) is 31.0 Å². The van der Waals surface area contributed by atoms with Gasteiger partial charge in [0.1, 0.15) is 11.9 Å². The topological polar surface area (TPSA) is 58.2 Å². The van der Waals surface area contributed by atoms with E-state index in [1.807, 2.05) is 42.7 Å². The lowest BCUT2D eigenvalue weighted by Gasteiger charge is -2.32. The summed E-state index contributed by atoms with van der Waals surface area (Å²) in [6.07, 6.45) is 6.75. The number of hydrogen-bond acceptors (Lipinski definition) is 4. The van der Waals surface area contributed by atoms with Crippen molar-refractivity contribution in [1.82, 2.24) is 14.9 Å². The normalized spacial score (nSPS) is 15.9. The summed E-state index contributed by atoms with van der Waals surface area (Å²) >= 11 is 0. The molecule has 0 bridgehead atoms. The Hall–Kier alpha value is -2.66. The smallest absolute Gasteiger partial charge is 0.255 e. The zero-order chi connectivity index (χ0) is 18.6. The van der Waals surface area contributed by atoms with Crippen LogP contribution in [-0.2, 0) is 13.0 Å². The number of likely N-dealkylation sites (tertiary alicyclic amines) is 1. The summed E-state index contributed by atoms with van der Waals surface area (Å²) in [6.45, 7) is 5.01. The molecule has 0 unspecified atom stereocenters. The average Bonchev–Trinajstić information content (AvgIpc) is 2.71. The average molecular weight is 363 g/mol. The molecule has 1 fully saturated rings. The maximum Gasteiger partial charge on any atom is 0.255 e. The minimum absolute atomic E-state index is 0.0448. The number of aryl methyl sites for hydroxylation is 1. The second kappa shape index (κ2) is 7.92. The Kier molecular flexibility index (Phi) is 5.21. The van der Waals surface area contributed by atoms with Crippen LogP contribution in [0.3, 0.4) is 0 Å². The van der Waals surface area contributed by atoms with Crippen LogP contribution in [0.25, 0.3) is 10.8 Å². The van der Waals surface area contributed by atoms with E-state index in [1.54, 1.807) is 0 Å². The van der Waals surface area contributed by atoms with Crippen molar-refractivity contribution in [2.75, 3.05) is 13.1 Å². The van der Waals surface area contributed by atoms with E-state index in [0.29, 0.717) is 0 Å². The monoisotopic (exact) mass is 363 g/mol. The Morgan fingerprint density at radius 1 is 1.19 bits per heavy atom. The van der Waals surface area contributed by atoms with Gasteiger partial charge in [-0.05, 0) is 60.5 Å². The van der Waals surface area contributed by atoms with Gasteiger partial charge in [0.05, 0.1) is 5.69 Å². The van der Waals surface area contributed by atoms with Gasteiger partial charge in [-0.3, -0.25) is 14.7 Å². The van der Waals surface area contributed by atoms with Gasteiger partial charge in [-0.15, -0.1) is 0 Å². The molecule has 1 N–H and O–H groups in total. The third-order valence-electron chi connectivity index (χ3n) is 5.29. The molecule has 3 heterocycles. The second-order valence-corrected chi connectivity index (χ2v) is 7.12. The van der Waals surface area contributed by atoms with Crippen molar-refractivity contribution < 1.29 is 4.74 Å². The van der Waals surface area contributed by atoms with Crippen LogP contribution in [0.15, 0.2) is 53.6 Å². The maximum absolute atomic E-state index is 12.0. The fourth-order valence-corrected chi connectivity index (χ4v) is 3.76. The second-order valence-electron chi connectivity index (χ2n) is 7.12. The molecular weight excluding hydrogens is 338 g/mol. The van der Waals surface area contributed by atoms with Crippen LogP contribution in [0.5, 0.6) is 5.75 Å². The minimum atomic E-state index is -0.0448. The first-order valence-electron chi connectivity index (χ1n) is 9.66. The van der Waals surface area contributed by atoms with E-state index in [2.05, 4.69) is 27.9 Å². The van der Waals surface area contributed by atoms with Gasteiger partial charge in [0, 0.05) is 37.4 Å². The number of aromatic nitrogens is 2. The number of benzene rings is 1. The molecule has 5 nitrogen and oxygen atoms in total. The summed E-state index contributed by atoms with van der Waals surface area (Å²) in [5, 5.41) is 1.72.